The molecule has 11 nitrogen and oxygen atoms in total. The zero-order valence-corrected chi connectivity index (χ0v) is 25.6. The number of anilines is 2. The van der Waals surface area contributed by atoms with E-state index in [-0.39, 0.29) is 23.6 Å². The highest BCUT2D eigenvalue weighted by Gasteiger charge is 2.44. The summed E-state index contributed by atoms with van der Waals surface area (Å²) < 4.78 is 23.2. The Labute approximate surface area is 255 Å². The van der Waals surface area contributed by atoms with Crippen LogP contribution in [0, 0.1) is 11.2 Å². The van der Waals surface area contributed by atoms with Crippen molar-refractivity contribution in [3.8, 4) is 11.8 Å². The van der Waals surface area contributed by atoms with Crippen molar-refractivity contribution >= 4 is 22.3 Å². The Morgan fingerprint density at radius 3 is 2.66 bits per heavy atom. The lowest BCUT2D eigenvalue weighted by molar-refractivity contribution is 0.182. The lowest BCUT2D eigenvalue weighted by atomic mass is 9.97. The molecule has 232 valence electrons. The smallest absolute Gasteiger partial charge is 0.318 e. The molecule has 2 aromatic carbocycles. The second-order valence-corrected chi connectivity index (χ2v) is 12.7. The molecular weight excluding hydrogens is 563 g/mol. The van der Waals surface area contributed by atoms with E-state index < -0.39 is 0 Å². The fourth-order valence-electron chi connectivity index (χ4n) is 6.91. The molecular formula is C32H39FN8O3. The standard InChI is InChI=1S/C32H39FN8O3/c1-4-22-24(33)6-5-20-13-21(43)14-27(29(20)22)39-10-7-23-25(15-39)34-31(44-19-32(8-9-32)18-38(2)3)35-30(23)40-11-12-41-28(16-40)26(17-42)36-37-41/h5-6,13-14,42-43H,4,7-12,15-19H2,1-3H3. The summed E-state index contributed by atoms with van der Waals surface area (Å²) in [7, 11) is 4.17. The van der Waals surface area contributed by atoms with Crippen LogP contribution in [0.15, 0.2) is 24.3 Å². The number of phenols is 1. The maximum absolute atomic E-state index is 15.0. The molecule has 0 bridgehead atoms. The first kappa shape index (κ1) is 28.7. The summed E-state index contributed by atoms with van der Waals surface area (Å²) >= 11 is 0. The normalized spacial score (nSPS) is 17.2. The second kappa shape index (κ2) is 11.2. The minimum Gasteiger partial charge on any atom is -0.508 e. The van der Waals surface area contributed by atoms with Gasteiger partial charge >= 0.3 is 6.01 Å². The van der Waals surface area contributed by atoms with Gasteiger partial charge in [0.25, 0.3) is 0 Å². The largest absolute Gasteiger partial charge is 0.508 e. The highest BCUT2D eigenvalue weighted by molar-refractivity contribution is 5.98. The summed E-state index contributed by atoms with van der Waals surface area (Å²) in [6.07, 6.45) is 3.44. The van der Waals surface area contributed by atoms with E-state index in [1.165, 1.54) is 6.07 Å². The molecule has 0 unspecified atom stereocenters. The van der Waals surface area contributed by atoms with Crippen LogP contribution in [0.1, 0.15) is 48.0 Å². The van der Waals surface area contributed by atoms with Crippen molar-refractivity contribution in [1.82, 2.24) is 29.9 Å². The minimum absolute atomic E-state index is 0.120. The van der Waals surface area contributed by atoms with E-state index in [1.54, 1.807) is 18.2 Å². The third kappa shape index (κ3) is 5.19. The molecule has 4 aromatic rings. The topological polar surface area (TPSA) is 116 Å². The number of nitrogens with zero attached hydrogens (tertiary/aromatic N) is 8. The maximum Gasteiger partial charge on any atom is 0.318 e. The summed E-state index contributed by atoms with van der Waals surface area (Å²) in [4.78, 5) is 16.5. The zero-order chi connectivity index (χ0) is 30.6. The molecule has 0 radical (unpaired) electrons. The third-order valence-corrected chi connectivity index (χ3v) is 9.26. The average molecular weight is 603 g/mol. The second-order valence-electron chi connectivity index (χ2n) is 12.7. The quantitative estimate of drug-likeness (QED) is 0.295. The number of halogens is 1. The molecule has 1 saturated carbocycles. The van der Waals surface area contributed by atoms with Crippen molar-refractivity contribution in [2.45, 2.75) is 58.8 Å². The zero-order valence-electron chi connectivity index (χ0n) is 25.6. The van der Waals surface area contributed by atoms with Crippen molar-refractivity contribution in [3.05, 3.63) is 58.3 Å². The van der Waals surface area contributed by atoms with Crippen LogP contribution in [-0.4, -0.2) is 80.4 Å². The number of ether oxygens (including phenoxy) is 1. The van der Waals surface area contributed by atoms with Crippen molar-refractivity contribution in [1.29, 1.82) is 0 Å². The van der Waals surface area contributed by atoms with Gasteiger partial charge in [0.15, 0.2) is 0 Å². The van der Waals surface area contributed by atoms with E-state index in [0.717, 1.165) is 58.6 Å². The van der Waals surface area contributed by atoms with Crippen LogP contribution < -0.4 is 14.5 Å². The van der Waals surface area contributed by atoms with E-state index in [9.17, 15) is 14.6 Å². The number of benzene rings is 2. The summed E-state index contributed by atoms with van der Waals surface area (Å²) in [6.45, 7) is 6.26. The number of aromatic hydroxyl groups is 1. The Balaban J connectivity index is 1.27. The average Bonchev–Trinajstić information content (AvgIpc) is 3.65. The van der Waals surface area contributed by atoms with E-state index in [0.29, 0.717) is 69.4 Å². The number of phenolic OH excluding ortho intramolecular Hbond substituents is 1. The van der Waals surface area contributed by atoms with E-state index in [2.05, 4.69) is 39.1 Å². The van der Waals surface area contributed by atoms with Crippen molar-refractivity contribution in [2.75, 3.05) is 50.1 Å². The molecule has 1 fully saturated rings. The predicted octanol–water partition coefficient (Wildman–Crippen LogP) is 3.42. The van der Waals surface area contributed by atoms with Gasteiger partial charge in [0, 0.05) is 47.8 Å². The van der Waals surface area contributed by atoms with Gasteiger partial charge in [0.2, 0.25) is 0 Å². The van der Waals surface area contributed by atoms with Gasteiger partial charge in [0.05, 0.1) is 44.2 Å². The summed E-state index contributed by atoms with van der Waals surface area (Å²) in [5, 5.41) is 30.5. The van der Waals surface area contributed by atoms with Crippen LogP contribution in [0.4, 0.5) is 15.9 Å². The van der Waals surface area contributed by atoms with E-state index in [4.69, 9.17) is 14.7 Å². The fraction of sp³-hybridized carbons (Fsp3) is 0.500. The van der Waals surface area contributed by atoms with E-state index >= 15 is 0 Å². The molecule has 4 heterocycles. The van der Waals surface area contributed by atoms with Gasteiger partial charge in [-0.15, -0.1) is 5.10 Å². The molecule has 0 atom stereocenters. The van der Waals surface area contributed by atoms with Gasteiger partial charge in [-0.1, -0.05) is 18.2 Å². The first-order valence-corrected chi connectivity index (χ1v) is 15.4. The molecule has 0 spiro atoms. The Morgan fingerprint density at radius 2 is 1.91 bits per heavy atom. The minimum atomic E-state index is -0.238. The Kier molecular flexibility index (Phi) is 7.28. The number of aliphatic hydroxyl groups excluding tert-OH is 1. The lowest BCUT2D eigenvalue weighted by Gasteiger charge is -2.35. The molecule has 12 heteroatoms. The van der Waals surface area contributed by atoms with Crippen LogP contribution in [0.5, 0.6) is 11.8 Å². The first-order chi connectivity index (χ1) is 21.3. The number of hydrogen-bond donors (Lipinski definition) is 2. The molecule has 1 aliphatic carbocycles. The predicted molar refractivity (Wildman–Crippen MR) is 164 cm³/mol. The highest BCUT2D eigenvalue weighted by atomic mass is 19.1. The molecule has 2 aliphatic heterocycles. The van der Waals surface area contributed by atoms with Crippen molar-refractivity contribution in [2.24, 2.45) is 5.41 Å². The van der Waals surface area contributed by atoms with Crippen LogP contribution in [0.2, 0.25) is 0 Å². The number of hydrogen-bond acceptors (Lipinski definition) is 10. The molecule has 0 amide bonds. The van der Waals surface area contributed by atoms with Crippen LogP contribution in [0.25, 0.3) is 10.8 Å². The Hall–Kier alpha value is -4.03. The van der Waals surface area contributed by atoms with Gasteiger partial charge in [-0.25, -0.2) is 9.07 Å². The van der Waals surface area contributed by atoms with Gasteiger partial charge < -0.3 is 29.6 Å². The highest BCUT2D eigenvalue weighted by Crippen LogP contribution is 2.46. The SMILES string of the molecule is CCc1c(F)ccc2cc(O)cc(N3CCc4c(nc(OCC5(CN(C)C)CC5)nc4N4CCn5nnc(CO)c5C4)C3)c12. The molecule has 2 aromatic heterocycles. The summed E-state index contributed by atoms with van der Waals surface area (Å²) in [5.41, 5.74) is 4.94. The van der Waals surface area contributed by atoms with Crippen molar-refractivity contribution < 1.29 is 19.3 Å². The van der Waals surface area contributed by atoms with Crippen LogP contribution >= 0.6 is 0 Å². The van der Waals surface area contributed by atoms with Crippen LogP contribution in [0.3, 0.4) is 0 Å². The summed E-state index contributed by atoms with van der Waals surface area (Å²) in [6, 6.07) is 6.99. The number of fused-ring (bicyclic) bond motifs is 3. The van der Waals surface area contributed by atoms with Gasteiger partial charge in [-0.05, 0) is 62.9 Å². The fourth-order valence-corrected chi connectivity index (χ4v) is 6.91. The lowest BCUT2D eigenvalue weighted by Crippen LogP contribution is -2.38. The number of aromatic nitrogens is 5. The molecule has 3 aliphatic rings. The number of aryl methyl sites for hydroxylation is 1. The molecule has 0 saturated heterocycles. The van der Waals surface area contributed by atoms with Crippen LogP contribution in [-0.2, 0) is 39.1 Å². The Bertz CT molecular complexity index is 1710. The van der Waals surface area contributed by atoms with Gasteiger partial charge in [0.1, 0.15) is 23.1 Å². The summed E-state index contributed by atoms with van der Waals surface area (Å²) in [5.74, 6) is 0.741. The molecule has 7 rings (SSSR count). The molecule has 44 heavy (non-hydrogen) atoms. The monoisotopic (exact) mass is 602 g/mol. The number of rotatable bonds is 9. The molecule has 2 N–H and O–H groups in total. The van der Waals surface area contributed by atoms with Gasteiger partial charge in [-0.2, -0.15) is 9.97 Å². The van der Waals surface area contributed by atoms with E-state index in [1.807, 2.05) is 11.6 Å². The number of aliphatic hydroxyl groups is 1. The van der Waals surface area contributed by atoms with Crippen molar-refractivity contribution in [3.63, 3.8) is 0 Å². The maximum atomic E-state index is 15.0. The third-order valence-electron chi connectivity index (χ3n) is 9.26. The first-order valence-electron chi connectivity index (χ1n) is 15.4. The Morgan fingerprint density at radius 1 is 1.07 bits per heavy atom. The van der Waals surface area contributed by atoms with Gasteiger partial charge in [-0.3, -0.25) is 0 Å².